The van der Waals surface area contributed by atoms with Crippen molar-refractivity contribution in [3.8, 4) is 0 Å². The quantitative estimate of drug-likeness (QED) is 0.704. The summed E-state index contributed by atoms with van der Waals surface area (Å²) in [5.41, 5.74) is 2.58. The first-order chi connectivity index (χ1) is 6.79. The van der Waals surface area contributed by atoms with E-state index in [0.29, 0.717) is 5.92 Å². The van der Waals surface area contributed by atoms with E-state index in [1.165, 1.54) is 11.3 Å². The molecule has 0 saturated carbocycles. The van der Waals surface area contributed by atoms with Crippen LogP contribution in [0.15, 0.2) is 42.6 Å². The van der Waals surface area contributed by atoms with Gasteiger partial charge in [0.05, 0.1) is 0 Å². The summed E-state index contributed by atoms with van der Waals surface area (Å²) < 4.78 is 1.93. The number of aryl methyl sites for hydroxylation is 1. The molecule has 2 rings (SSSR count). The number of benzene rings is 1. The van der Waals surface area contributed by atoms with E-state index < -0.39 is 0 Å². The minimum Gasteiger partial charge on any atom is -0.272 e. The zero-order chi connectivity index (χ0) is 9.97. The maximum Gasteiger partial charge on any atom is 0.0492 e. The molecular weight excluding hydrogens is 172 g/mol. The highest BCUT2D eigenvalue weighted by atomic mass is 15.3. The Hall–Kier alpha value is -1.57. The van der Waals surface area contributed by atoms with Crippen molar-refractivity contribution in [1.29, 1.82) is 0 Å². The fourth-order valence-electron chi connectivity index (χ4n) is 1.72. The molecule has 1 aromatic heterocycles. The van der Waals surface area contributed by atoms with E-state index >= 15 is 0 Å². The molecule has 2 nitrogen and oxygen atoms in total. The molecule has 0 unspecified atom stereocenters. The van der Waals surface area contributed by atoms with E-state index in [1.54, 1.807) is 0 Å². The highest BCUT2D eigenvalue weighted by Gasteiger charge is 2.10. The third-order valence-electron chi connectivity index (χ3n) is 2.60. The van der Waals surface area contributed by atoms with E-state index in [-0.39, 0.29) is 0 Å². The number of aromatic nitrogens is 2. The Morgan fingerprint density at radius 3 is 2.43 bits per heavy atom. The Labute approximate surface area is 84.2 Å². The number of hydrogen-bond donors (Lipinski definition) is 0. The monoisotopic (exact) mass is 186 g/mol. The lowest BCUT2D eigenvalue weighted by Crippen LogP contribution is -2.03. The van der Waals surface area contributed by atoms with Crippen LogP contribution in [0.1, 0.15) is 24.1 Å². The Bertz CT molecular complexity index is 403. The van der Waals surface area contributed by atoms with Crippen molar-refractivity contribution in [2.75, 3.05) is 0 Å². The molecule has 1 heterocycles. The topological polar surface area (TPSA) is 17.8 Å². The van der Waals surface area contributed by atoms with Crippen molar-refractivity contribution in [2.24, 2.45) is 7.05 Å². The average Bonchev–Trinajstić information content (AvgIpc) is 2.65. The Morgan fingerprint density at radius 1 is 1.14 bits per heavy atom. The Morgan fingerprint density at radius 2 is 1.86 bits per heavy atom. The second-order valence-corrected chi connectivity index (χ2v) is 3.51. The van der Waals surface area contributed by atoms with Gasteiger partial charge in [-0.25, -0.2) is 0 Å². The van der Waals surface area contributed by atoms with E-state index in [1.807, 2.05) is 24.0 Å². The summed E-state index contributed by atoms with van der Waals surface area (Å²) in [5, 5.41) is 4.18. The normalized spacial score (nSPS) is 12.7. The maximum absolute atomic E-state index is 4.18. The lowest BCUT2D eigenvalue weighted by molar-refractivity contribution is 0.685. The fraction of sp³-hybridized carbons (Fsp3) is 0.250. The second-order valence-electron chi connectivity index (χ2n) is 3.51. The van der Waals surface area contributed by atoms with Gasteiger partial charge < -0.3 is 0 Å². The van der Waals surface area contributed by atoms with Crippen LogP contribution in [-0.4, -0.2) is 9.78 Å². The first-order valence-corrected chi connectivity index (χ1v) is 4.82. The summed E-state index contributed by atoms with van der Waals surface area (Å²) >= 11 is 0. The van der Waals surface area contributed by atoms with E-state index in [2.05, 4.69) is 42.4 Å². The molecule has 0 fully saturated rings. The molecule has 0 spiro atoms. The molecule has 14 heavy (non-hydrogen) atoms. The van der Waals surface area contributed by atoms with Crippen molar-refractivity contribution >= 4 is 0 Å². The van der Waals surface area contributed by atoms with Crippen LogP contribution in [0.25, 0.3) is 0 Å². The van der Waals surface area contributed by atoms with Gasteiger partial charge in [-0.3, -0.25) is 4.68 Å². The lowest BCUT2D eigenvalue weighted by atomic mass is 9.98. The predicted molar refractivity (Wildman–Crippen MR) is 57.2 cm³/mol. The van der Waals surface area contributed by atoms with Gasteiger partial charge in [0.2, 0.25) is 0 Å². The molecule has 0 bridgehead atoms. The lowest BCUT2D eigenvalue weighted by Gasteiger charge is -2.11. The molecule has 0 radical (unpaired) electrons. The molecule has 0 saturated heterocycles. The summed E-state index contributed by atoms with van der Waals surface area (Å²) in [6.07, 6.45) is 1.84. The molecule has 0 aliphatic rings. The molecule has 0 amide bonds. The van der Waals surface area contributed by atoms with Gasteiger partial charge in [-0.15, -0.1) is 0 Å². The van der Waals surface area contributed by atoms with Gasteiger partial charge in [0, 0.05) is 24.9 Å². The molecule has 72 valence electrons. The van der Waals surface area contributed by atoms with Crippen molar-refractivity contribution in [3.63, 3.8) is 0 Å². The molecule has 2 heteroatoms. The van der Waals surface area contributed by atoms with Crippen LogP contribution in [0, 0.1) is 0 Å². The number of nitrogens with zero attached hydrogens (tertiary/aromatic N) is 2. The highest BCUT2D eigenvalue weighted by Crippen LogP contribution is 2.22. The van der Waals surface area contributed by atoms with Gasteiger partial charge in [0.15, 0.2) is 0 Å². The zero-order valence-electron chi connectivity index (χ0n) is 8.51. The maximum atomic E-state index is 4.18. The van der Waals surface area contributed by atoms with Crippen molar-refractivity contribution in [3.05, 3.63) is 53.9 Å². The van der Waals surface area contributed by atoms with Crippen LogP contribution >= 0.6 is 0 Å². The van der Waals surface area contributed by atoms with Crippen LogP contribution in [0.2, 0.25) is 0 Å². The average molecular weight is 186 g/mol. The minimum absolute atomic E-state index is 0.406. The predicted octanol–water partition coefficient (Wildman–Crippen LogP) is 2.57. The van der Waals surface area contributed by atoms with Crippen molar-refractivity contribution in [1.82, 2.24) is 9.78 Å². The third kappa shape index (κ3) is 1.55. The first-order valence-electron chi connectivity index (χ1n) is 4.82. The van der Waals surface area contributed by atoms with Crippen LogP contribution in [0.5, 0.6) is 0 Å². The summed E-state index contributed by atoms with van der Waals surface area (Å²) in [6, 6.07) is 12.6. The van der Waals surface area contributed by atoms with Crippen LogP contribution in [0.4, 0.5) is 0 Å². The highest BCUT2D eigenvalue weighted by molar-refractivity contribution is 5.26. The van der Waals surface area contributed by atoms with Gasteiger partial charge in [0.1, 0.15) is 0 Å². The summed E-state index contributed by atoms with van der Waals surface area (Å²) in [6.45, 7) is 2.20. The fourth-order valence-corrected chi connectivity index (χ4v) is 1.72. The van der Waals surface area contributed by atoms with E-state index in [0.717, 1.165) is 0 Å². The van der Waals surface area contributed by atoms with E-state index in [4.69, 9.17) is 0 Å². The third-order valence-corrected chi connectivity index (χ3v) is 2.60. The summed E-state index contributed by atoms with van der Waals surface area (Å²) in [5.74, 6) is 0.406. The SMILES string of the molecule is C[C@@H](c1ccccc1)c1ccnn1C. The van der Waals surface area contributed by atoms with Gasteiger partial charge in [-0.2, -0.15) is 5.10 Å². The minimum atomic E-state index is 0.406. The summed E-state index contributed by atoms with van der Waals surface area (Å²) in [4.78, 5) is 0. The van der Waals surface area contributed by atoms with E-state index in [9.17, 15) is 0 Å². The van der Waals surface area contributed by atoms with Crippen LogP contribution in [0.3, 0.4) is 0 Å². The Balaban J connectivity index is 2.34. The zero-order valence-corrected chi connectivity index (χ0v) is 8.51. The second kappa shape index (κ2) is 3.66. The van der Waals surface area contributed by atoms with Gasteiger partial charge in [-0.05, 0) is 11.6 Å². The molecule has 1 aromatic carbocycles. The summed E-state index contributed by atoms with van der Waals surface area (Å²) in [7, 11) is 1.98. The molecule has 0 aliphatic heterocycles. The molecule has 0 N–H and O–H groups in total. The largest absolute Gasteiger partial charge is 0.272 e. The molecule has 0 aliphatic carbocycles. The van der Waals surface area contributed by atoms with Gasteiger partial charge in [-0.1, -0.05) is 37.3 Å². The smallest absolute Gasteiger partial charge is 0.0492 e. The van der Waals surface area contributed by atoms with Crippen LogP contribution < -0.4 is 0 Å². The first kappa shape index (κ1) is 9.00. The standard InChI is InChI=1S/C12H14N2/c1-10(11-6-4-3-5-7-11)12-8-9-13-14(12)2/h3-10H,1-2H3/t10-/m0/s1. The Kier molecular flexibility index (Phi) is 2.35. The number of hydrogen-bond acceptors (Lipinski definition) is 1. The van der Waals surface area contributed by atoms with Gasteiger partial charge in [0.25, 0.3) is 0 Å². The molecular formula is C12H14N2. The van der Waals surface area contributed by atoms with Crippen molar-refractivity contribution in [2.45, 2.75) is 12.8 Å². The van der Waals surface area contributed by atoms with Crippen LogP contribution in [-0.2, 0) is 7.05 Å². The molecule has 1 atom stereocenters. The van der Waals surface area contributed by atoms with Gasteiger partial charge >= 0.3 is 0 Å². The molecule has 2 aromatic rings. The number of rotatable bonds is 2. The van der Waals surface area contributed by atoms with Crippen molar-refractivity contribution < 1.29 is 0 Å².